The molecule has 1 aliphatic rings. The van der Waals surface area contributed by atoms with Crippen molar-refractivity contribution in [1.82, 2.24) is 10.3 Å². The Morgan fingerprint density at radius 3 is 3.08 bits per heavy atom. The standard InChI is InChI=1S/C9H12N2O2/c1-6(7-2-3-7)11-9(12)8-4-10-5-13-8/h4-7H,2-3H2,1H3,(H,11,12). The molecule has 1 saturated carbocycles. The minimum absolute atomic E-state index is 0.170. The van der Waals surface area contributed by atoms with E-state index >= 15 is 0 Å². The van der Waals surface area contributed by atoms with Gasteiger partial charge < -0.3 is 9.73 Å². The molecule has 0 aliphatic heterocycles. The minimum Gasteiger partial charge on any atom is -0.438 e. The van der Waals surface area contributed by atoms with E-state index in [1.165, 1.54) is 25.4 Å². The van der Waals surface area contributed by atoms with Crippen LogP contribution in [-0.4, -0.2) is 16.9 Å². The van der Waals surface area contributed by atoms with E-state index in [0.717, 1.165) is 0 Å². The maximum atomic E-state index is 11.4. The molecular weight excluding hydrogens is 168 g/mol. The van der Waals surface area contributed by atoms with Gasteiger partial charge in [-0.1, -0.05) is 0 Å². The molecule has 0 spiro atoms. The molecule has 13 heavy (non-hydrogen) atoms. The van der Waals surface area contributed by atoms with Gasteiger partial charge >= 0.3 is 0 Å². The van der Waals surface area contributed by atoms with Gasteiger partial charge in [0.25, 0.3) is 5.91 Å². The van der Waals surface area contributed by atoms with Crippen molar-refractivity contribution >= 4 is 5.91 Å². The molecule has 1 heterocycles. The first-order valence-electron chi connectivity index (χ1n) is 4.46. The van der Waals surface area contributed by atoms with Crippen molar-refractivity contribution in [1.29, 1.82) is 0 Å². The third-order valence-corrected chi connectivity index (χ3v) is 2.34. The number of hydrogen-bond donors (Lipinski definition) is 1. The normalized spacial score (nSPS) is 18.2. The molecule has 1 aliphatic carbocycles. The van der Waals surface area contributed by atoms with Crippen LogP contribution < -0.4 is 5.32 Å². The Labute approximate surface area is 76.3 Å². The van der Waals surface area contributed by atoms with Gasteiger partial charge in [-0.05, 0) is 25.7 Å². The second-order valence-electron chi connectivity index (χ2n) is 3.47. The van der Waals surface area contributed by atoms with E-state index < -0.39 is 0 Å². The van der Waals surface area contributed by atoms with Gasteiger partial charge in [-0.2, -0.15) is 0 Å². The molecule has 0 saturated heterocycles. The average molecular weight is 180 g/mol. The highest BCUT2D eigenvalue weighted by molar-refractivity contribution is 5.91. The van der Waals surface area contributed by atoms with Crippen LogP contribution in [0, 0.1) is 5.92 Å². The molecule has 1 atom stereocenters. The summed E-state index contributed by atoms with van der Waals surface area (Å²) >= 11 is 0. The minimum atomic E-state index is -0.170. The molecule has 1 N–H and O–H groups in total. The molecule has 4 nitrogen and oxygen atoms in total. The Bertz CT molecular complexity index is 291. The molecule has 70 valence electrons. The van der Waals surface area contributed by atoms with E-state index in [4.69, 9.17) is 4.42 Å². The van der Waals surface area contributed by atoms with Gasteiger partial charge in [-0.15, -0.1) is 0 Å². The predicted octanol–water partition coefficient (Wildman–Crippen LogP) is 1.20. The lowest BCUT2D eigenvalue weighted by atomic mass is 10.2. The van der Waals surface area contributed by atoms with Crippen molar-refractivity contribution in [2.75, 3.05) is 0 Å². The highest BCUT2D eigenvalue weighted by Crippen LogP contribution is 2.32. The third-order valence-electron chi connectivity index (χ3n) is 2.34. The van der Waals surface area contributed by atoms with E-state index in [-0.39, 0.29) is 17.7 Å². The summed E-state index contributed by atoms with van der Waals surface area (Å²) < 4.78 is 4.87. The zero-order chi connectivity index (χ0) is 9.26. The molecule has 1 fully saturated rings. The lowest BCUT2D eigenvalue weighted by molar-refractivity contribution is 0.0908. The summed E-state index contributed by atoms with van der Waals surface area (Å²) in [5, 5.41) is 2.87. The summed E-state index contributed by atoms with van der Waals surface area (Å²) in [5.74, 6) is 0.774. The summed E-state index contributed by atoms with van der Waals surface area (Å²) in [7, 11) is 0. The van der Waals surface area contributed by atoms with Gasteiger partial charge in [0.2, 0.25) is 5.76 Å². The Morgan fingerprint density at radius 1 is 1.77 bits per heavy atom. The van der Waals surface area contributed by atoms with E-state index in [1.54, 1.807) is 0 Å². The van der Waals surface area contributed by atoms with E-state index in [2.05, 4.69) is 10.3 Å². The first-order chi connectivity index (χ1) is 6.27. The molecule has 1 aromatic heterocycles. The largest absolute Gasteiger partial charge is 0.438 e. The van der Waals surface area contributed by atoms with E-state index in [0.29, 0.717) is 5.92 Å². The Hall–Kier alpha value is -1.32. The monoisotopic (exact) mass is 180 g/mol. The van der Waals surface area contributed by atoms with Crippen LogP contribution in [0.5, 0.6) is 0 Å². The zero-order valence-electron chi connectivity index (χ0n) is 7.49. The number of hydrogen-bond acceptors (Lipinski definition) is 3. The first-order valence-corrected chi connectivity index (χ1v) is 4.46. The fourth-order valence-corrected chi connectivity index (χ4v) is 1.32. The number of carbonyl (C=O) groups is 1. The van der Waals surface area contributed by atoms with Crippen molar-refractivity contribution in [2.24, 2.45) is 5.92 Å². The summed E-state index contributed by atoms with van der Waals surface area (Å²) in [6.45, 7) is 2.02. The molecule has 0 bridgehead atoms. The lowest BCUT2D eigenvalue weighted by Gasteiger charge is -2.10. The van der Waals surface area contributed by atoms with Crippen LogP contribution in [0.25, 0.3) is 0 Å². The van der Waals surface area contributed by atoms with Crippen molar-refractivity contribution in [3.8, 4) is 0 Å². The Morgan fingerprint density at radius 2 is 2.54 bits per heavy atom. The Kier molecular flexibility index (Phi) is 2.04. The van der Waals surface area contributed by atoms with Gasteiger partial charge in [-0.25, -0.2) is 4.98 Å². The molecule has 4 heteroatoms. The van der Waals surface area contributed by atoms with Gasteiger partial charge in [0, 0.05) is 6.04 Å². The van der Waals surface area contributed by atoms with Gasteiger partial charge in [-0.3, -0.25) is 4.79 Å². The molecule has 1 aromatic rings. The van der Waals surface area contributed by atoms with Crippen LogP contribution in [0.1, 0.15) is 30.3 Å². The molecule has 1 unspecified atom stereocenters. The van der Waals surface area contributed by atoms with E-state index in [1.807, 2.05) is 6.92 Å². The number of amides is 1. The number of carbonyl (C=O) groups excluding carboxylic acids is 1. The number of nitrogens with one attached hydrogen (secondary N) is 1. The van der Waals surface area contributed by atoms with Gasteiger partial charge in [0.05, 0.1) is 6.20 Å². The first kappa shape index (κ1) is 8.29. The molecule has 1 amide bonds. The SMILES string of the molecule is CC(NC(=O)c1cnco1)C1CC1. The zero-order valence-corrected chi connectivity index (χ0v) is 7.49. The van der Waals surface area contributed by atoms with Crippen LogP contribution in [0.4, 0.5) is 0 Å². The molecule has 0 radical (unpaired) electrons. The molecule has 2 rings (SSSR count). The highest BCUT2D eigenvalue weighted by atomic mass is 16.3. The van der Waals surface area contributed by atoms with Crippen LogP contribution in [0.3, 0.4) is 0 Å². The fourth-order valence-electron chi connectivity index (χ4n) is 1.32. The molecular formula is C9H12N2O2. The second kappa shape index (κ2) is 3.20. The Balaban J connectivity index is 1.91. The quantitative estimate of drug-likeness (QED) is 0.760. The summed E-state index contributed by atoms with van der Waals surface area (Å²) in [5.41, 5.74) is 0. The van der Waals surface area contributed by atoms with E-state index in [9.17, 15) is 4.79 Å². The summed E-state index contributed by atoms with van der Waals surface area (Å²) in [6, 6.07) is 0.248. The number of aromatic nitrogens is 1. The van der Waals surface area contributed by atoms with Crippen LogP contribution >= 0.6 is 0 Å². The predicted molar refractivity (Wildman–Crippen MR) is 46.2 cm³/mol. The topological polar surface area (TPSA) is 55.1 Å². The van der Waals surface area contributed by atoms with Crippen LogP contribution in [0.2, 0.25) is 0 Å². The van der Waals surface area contributed by atoms with Gasteiger partial charge in [0.15, 0.2) is 6.39 Å². The fraction of sp³-hybridized carbons (Fsp3) is 0.556. The highest BCUT2D eigenvalue weighted by Gasteiger charge is 2.29. The van der Waals surface area contributed by atoms with Crippen LogP contribution in [-0.2, 0) is 0 Å². The van der Waals surface area contributed by atoms with Crippen molar-refractivity contribution < 1.29 is 9.21 Å². The smallest absolute Gasteiger partial charge is 0.288 e. The van der Waals surface area contributed by atoms with Crippen LogP contribution in [0.15, 0.2) is 17.0 Å². The van der Waals surface area contributed by atoms with Gasteiger partial charge in [0.1, 0.15) is 0 Å². The summed E-state index contributed by atoms with van der Waals surface area (Å²) in [4.78, 5) is 15.1. The number of oxazole rings is 1. The number of nitrogens with zero attached hydrogens (tertiary/aromatic N) is 1. The third kappa shape index (κ3) is 1.88. The maximum absolute atomic E-state index is 11.4. The van der Waals surface area contributed by atoms with Crippen molar-refractivity contribution in [2.45, 2.75) is 25.8 Å². The van der Waals surface area contributed by atoms with Crippen molar-refractivity contribution in [3.63, 3.8) is 0 Å². The second-order valence-corrected chi connectivity index (χ2v) is 3.47. The maximum Gasteiger partial charge on any atom is 0.288 e. The average Bonchev–Trinajstić information content (AvgIpc) is 2.81. The number of rotatable bonds is 3. The lowest BCUT2D eigenvalue weighted by Crippen LogP contribution is -2.33. The summed E-state index contributed by atoms with van der Waals surface area (Å²) in [6.07, 6.45) is 5.13. The van der Waals surface area contributed by atoms with Crippen molar-refractivity contribution in [3.05, 3.63) is 18.4 Å². The molecule has 0 aromatic carbocycles.